The number of fused-ring (bicyclic) bond motifs is 1. The minimum atomic E-state index is -3.65. The lowest BCUT2D eigenvalue weighted by molar-refractivity contribution is -0.674. The van der Waals surface area contributed by atoms with E-state index in [1.165, 1.54) is 0 Å². The molecule has 2 rings (SSSR count). The molecule has 0 unspecified atom stereocenters. The Morgan fingerprint density at radius 3 is 2.50 bits per heavy atom. The molecule has 0 atom stereocenters. The summed E-state index contributed by atoms with van der Waals surface area (Å²) >= 11 is 0. The lowest BCUT2D eigenvalue weighted by Gasteiger charge is -1.97. The summed E-state index contributed by atoms with van der Waals surface area (Å²) < 4.78 is 27.0. The van der Waals surface area contributed by atoms with E-state index >= 15 is 0 Å². The number of hydrogen-bond acceptors (Lipinski definition) is 2. The van der Waals surface area contributed by atoms with E-state index in [0.29, 0.717) is 0 Å². The molecule has 98 valence electrons. The van der Waals surface area contributed by atoms with Crippen LogP contribution in [-0.4, -0.2) is 13.0 Å². The number of benzene rings is 1. The van der Waals surface area contributed by atoms with Gasteiger partial charge in [-0.3, -0.25) is 0 Å². The van der Waals surface area contributed by atoms with Gasteiger partial charge in [-0.1, -0.05) is 0 Å². The fourth-order valence-electron chi connectivity index (χ4n) is 2.42. The number of rotatable bonds is 3. The largest absolute Gasteiger partial charge is 0.254 e. The van der Waals surface area contributed by atoms with Gasteiger partial charge in [0.2, 0.25) is 10.0 Å². The molecule has 0 aliphatic carbocycles. The van der Waals surface area contributed by atoms with Crippen molar-refractivity contribution in [1.82, 2.24) is 4.57 Å². The van der Waals surface area contributed by atoms with E-state index in [4.69, 9.17) is 5.14 Å². The number of hydrogen-bond donors (Lipinski definition) is 1. The first-order valence-corrected chi connectivity index (χ1v) is 7.50. The van der Waals surface area contributed by atoms with Gasteiger partial charge in [-0.2, -0.15) is 0 Å². The SMILES string of the molecule is CCn1c(C)[n+](CC)c2ccc(S(N)(=O)=O)cc21. The van der Waals surface area contributed by atoms with Crippen molar-refractivity contribution in [3.63, 3.8) is 0 Å². The number of sulfonamides is 1. The summed E-state index contributed by atoms with van der Waals surface area (Å²) in [5.74, 6) is 1.11. The number of nitrogens with two attached hydrogens (primary N) is 1. The van der Waals surface area contributed by atoms with Crippen LogP contribution in [0.5, 0.6) is 0 Å². The highest BCUT2D eigenvalue weighted by molar-refractivity contribution is 7.89. The highest BCUT2D eigenvalue weighted by Gasteiger charge is 2.21. The van der Waals surface area contributed by atoms with E-state index in [2.05, 4.69) is 16.1 Å². The first-order valence-electron chi connectivity index (χ1n) is 5.95. The Balaban J connectivity index is 2.85. The summed E-state index contributed by atoms with van der Waals surface area (Å²) in [6.07, 6.45) is 0. The van der Waals surface area contributed by atoms with Gasteiger partial charge in [0.15, 0.2) is 11.0 Å². The normalized spacial score (nSPS) is 12.2. The first kappa shape index (κ1) is 13.0. The van der Waals surface area contributed by atoms with Crippen LogP contribution in [0.1, 0.15) is 19.7 Å². The predicted molar refractivity (Wildman–Crippen MR) is 69.6 cm³/mol. The fraction of sp³-hybridized carbons (Fsp3) is 0.417. The average Bonchev–Trinajstić information content (AvgIpc) is 2.58. The van der Waals surface area contributed by atoms with E-state index < -0.39 is 10.0 Å². The van der Waals surface area contributed by atoms with Crippen molar-refractivity contribution >= 4 is 21.1 Å². The molecule has 2 N–H and O–H groups in total. The van der Waals surface area contributed by atoms with Crippen LogP contribution < -0.4 is 9.71 Å². The summed E-state index contributed by atoms with van der Waals surface area (Å²) in [7, 11) is -3.65. The van der Waals surface area contributed by atoms with Crippen molar-refractivity contribution in [3.8, 4) is 0 Å². The smallest absolute Gasteiger partial charge is 0.228 e. The Kier molecular flexibility index (Phi) is 3.16. The summed E-state index contributed by atoms with van der Waals surface area (Å²) in [4.78, 5) is 0.158. The van der Waals surface area contributed by atoms with Gasteiger partial charge >= 0.3 is 0 Å². The van der Waals surface area contributed by atoms with Gasteiger partial charge in [-0.25, -0.2) is 22.7 Å². The lowest BCUT2D eigenvalue weighted by atomic mass is 10.3. The fourth-order valence-corrected chi connectivity index (χ4v) is 2.95. The van der Waals surface area contributed by atoms with Crippen LogP contribution >= 0.6 is 0 Å². The van der Waals surface area contributed by atoms with E-state index in [-0.39, 0.29) is 4.90 Å². The standard InChI is InChI=1S/C12H18N3O2S/c1-4-14-9(3)15(5-2)12-8-10(18(13,16)17)6-7-11(12)14/h6-8H,4-5H2,1-3H3,(H2,13,16,17)/q+1. The highest BCUT2D eigenvalue weighted by atomic mass is 32.2. The monoisotopic (exact) mass is 268 g/mol. The van der Waals surface area contributed by atoms with Gasteiger partial charge in [0.1, 0.15) is 0 Å². The minimum Gasteiger partial charge on any atom is -0.228 e. The maximum Gasteiger partial charge on any atom is 0.254 e. The van der Waals surface area contributed by atoms with E-state index in [9.17, 15) is 8.42 Å². The molecule has 0 saturated carbocycles. The molecule has 0 aliphatic rings. The van der Waals surface area contributed by atoms with Crippen LogP contribution in [0.15, 0.2) is 23.1 Å². The summed E-state index contributed by atoms with van der Waals surface area (Å²) in [6, 6.07) is 5.02. The zero-order valence-electron chi connectivity index (χ0n) is 10.8. The molecule has 1 heterocycles. The van der Waals surface area contributed by atoms with Crippen LogP contribution in [0.3, 0.4) is 0 Å². The van der Waals surface area contributed by atoms with Gasteiger partial charge in [0.25, 0.3) is 5.82 Å². The Labute approximate surface area is 107 Å². The topological polar surface area (TPSA) is 69.0 Å². The number of primary sulfonamides is 1. The summed E-state index contributed by atoms with van der Waals surface area (Å²) in [5.41, 5.74) is 1.94. The van der Waals surface area contributed by atoms with Crippen molar-refractivity contribution in [2.24, 2.45) is 5.14 Å². The molecule has 0 radical (unpaired) electrons. The zero-order valence-corrected chi connectivity index (χ0v) is 11.7. The maximum atomic E-state index is 11.4. The third kappa shape index (κ3) is 1.91. The molecule has 0 fully saturated rings. The lowest BCUT2D eigenvalue weighted by Crippen LogP contribution is -2.35. The number of imidazole rings is 1. The average molecular weight is 268 g/mol. The Morgan fingerprint density at radius 1 is 1.33 bits per heavy atom. The molecule has 1 aromatic carbocycles. The number of aromatic nitrogens is 2. The molecule has 0 bridgehead atoms. The van der Waals surface area contributed by atoms with Crippen LogP contribution in [0.2, 0.25) is 0 Å². The predicted octanol–water partition coefficient (Wildman–Crippen LogP) is 0.924. The van der Waals surface area contributed by atoms with Gasteiger partial charge < -0.3 is 0 Å². The molecule has 2 aromatic rings. The molecule has 0 spiro atoms. The third-order valence-corrected chi connectivity index (χ3v) is 4.18. The molecular formula is C12H18N3O2S+. The third-order valence-electron chi connectivity index (χ3n) is 3.27. The second-order valence-corrected chi connectivity index (χ2v) is 5.79. The van der Waals surface area contributed by atoms with Crippen molar-refractivity contribution < 1.29 is 13.0 Å². The number of nitrogens with zero attached hydrogens (tertiary/aromatic N) is 2. The van der Waals surface area contributed by atoms with Crippen LogP contribution in [0.25, 0.3) is 11.0 Å². The van der Waals surface area contributed by atoms with Crippen molar-refractivity contribution in [2.75, 3.05) is 0 Å². The molecule has 6 heteroatoms. The highest BCUT2D eigenvalue weighted by Crippen LogP contribution is 2.18. The zero-order chi connectivity index (χ0) is 13.5. The van der Waals surface area contributed by atoms with Crippen molar-refractivity contribution in [2.45, 2.75) is 38.8 Å². The van der Waals surface area contributed by atoms with Crippen LogP contribution in [-0.2, 0) is 23.1 Å². The molecule has 18 heavy (non-hydrogen) atoms. The molecule has 1 aromatic heterocycles. The van der Waals surface area contributed by atoms with Crippen molar-refractivity contribution in [3.05, 3.63) is 24.0 Å². The Hall–Kier alpha value is -1.40. The minimum absolute atomic E-state index is 0.158. The van der Waals surface area contributed by atoms with Gasteiger partial charge in [0, 0.05) is 13.0 Å². The van der Waals surface area contributed by atoms with Gasteiger partial charge in [0.05, 0.1) is 18.0 Å². The van der Waals surface area contributed by atoms with Gasteiger partial charge in [-0.05, 0) is 26.0 Å². The molecule has 5 nitrogen and oxygen atoms in total. The maximum absolute atomic E-state index is 11.4. The molecule has 0 amide bonds. The summed E-state index contributed by atoms with van der Waals surface area (Å²) in [5, 5.41) is 5.17. The van der Waals surface area contributed by atoms with Crippen LogP contribution in [0.4, 0.5) is 0 Å². The van der Waals surface area contributed by atoms with E-state index in [1.54, 1.807) is 12.1 Å². The van der Waals surface area contributed by atoms with Gasteiger partial charge in [-0.15, -0.1) is 0 Å². The van der Waals surface area contributed by atoms with Crippen molar-refractivity contribution in [1.29, 1.82) is 0 Å². The second kappa shape index (κ2) is 4.37. The second-order valence-electron chi connectivity index (χ2n) is 4.23. The first-order chi connectivity index (χ1) is 8.40. The van der Waals surface area contributed by atoms with E-state index in [1.807, 2.05) is 19.9 Å². The molecule has 0 aliphatic heterocycles. The Bertz CT molecular complexity index is 702. The molecular weight excluding hydrogens is 250 g/mol. The molecule has 0 saturated heterocycles. The van der Waals surface area contributed by atoms with E-state index in [0.717, 1.165) is 29.9 Å². The Morgan fingerprint density at radius 2 is 2.00 bits per heavy atom. The summed E-state index contributed by atoms with van der Waals surface area (Å²) in [6.45, 7) is 7.78. The quantitative estimate of drug-likeness (QED) is 0.841. The van der Waals surface area contributed by atoms with Crippen LogP contribution in [0, 0.1) is 6.92 Å². The number of aryl methyl sites for hydroxylation is 2.